The van der Waals surface area contributed by atoms with Crippen LogP contribution in [0.2, 0.25) is 0 Å². The molecular formula is C22H39IN4O. The first-order valence-corrected chi connectivity index (χ1v) is 10.2. The number of benzene rings is 1. The smallest absolute Gasteiger partial charge is 0.191 e. The number of nitrogens with one attached hydrogen (secondary N) is 2. The van der Waals surface area contributed by atoms with Gasteiger partial charge in [0, 0.05) is 53.0 Å². The van der Waals surface area contributed by atoms with Crippen LogP contribution in [0.5, 0.6) is 0 Å². The molecule has 0 bridgehead atoms. The van der Waals surface area contributed by atoms with E-state index in [2.05, 4.69) is 65.6 Å². The molecule has 0 spiro atoms. The van der Waals surface area contributed by atoms with Crippen molar-refractivity contribution in [1.82, 2.24) is 15.5 Å². The number of likely N-dealkylation sites (tertiary alicyclic amines) is 1. The molecule has 160 valence electrons. The zero-order valence-electron chi connectivity index (χ0n) is 18.3. The third-order valence-electron chi connectivity index (χ3n) is 5.25. The number of methoxy groups -OCH3 is 1. The average molecular weight is 502 g/mol. The van der Waals surface area contributed by atoms with Gasteiger partial charge >= 0.3 is 0 Å². The molecule has 0 aromatic heterocycles. The molecule has 0 aliphatic carbocycles. The van der Waals surface area contributed by atoms with Crippen LogP contribution in [0.25, 0.3) is 0 Å². The van der Waals surface area contributed by atoms with Crippen molar-refractivity contribution in [2.75, 3.05) is 40.4 Å². The second kappa shape index (κ2) is 12.6. The fourth-order valence-electron chi connectivity index (χ4n) is 3.43. The van der Waals surface area contributed by atoms with Crippen molar-refractivity contribution >= 4 is 29.9 Å². The Morgan fingerprint density at radius 3 is 2.36 bits per heavy atom. The van der Waals surface area contributed by atoms with E-state index in [4.69, 9.17) is 4.74 Å². The van der Waals surface area contributed by atoms with Gasteiger partial charge in [-0.2, -0.15) is 0 Å². The van der Waals surface area contributed by atoms with Gasteiger partial charge in [0.2, 0.25) is 0 Å². The van der Waals surface area contributed by atoms with E-state index in [1.807, 2.05) is 7.05 Å². The van der Waals surface area contributed by atoms with Crippen LogP contribution in [-0.4, -0.2) is 57.3 Å². The number of piperidine rings is 1. The van der Waals surface area contributed by atoms with E-state index in [1.54, 1.807) is 7.11 Å². The fourth-order valence-corrected chi connectivity index (χ4v) is 3.43. The predicted molar refractivity (Wildman–Crippen MR) is 130 cm³/mol. The Bertz CT molecular complexity index is 575. The van der Waals surface area contributed by atoms with Gasteiger partial charge < -0.3 is 20.3 Å². The molecule has 0 atom stereocenters. The van der Waals surface area contributed by atoms with Gasteiger partial charge in [-0.05, 0) is 35.8 Å². The molecule has 28 heavy (non-hydrogen) atoms. The Morgan fingerprint density at radius 1 is 1.18 bits per heavy atom. The highest BCUT2D eigenvalue weighted by Gasteiger charge is 2.19. The lowest BCUT2D eigenvalue weighted by Gasteiger charge is -2.33. The molecule has 0 radical (unpaired) electrons. The van der Waals surface area contributed by atoms with E-state index < -0.39 is 0 Å². The Balaban J connectivity index is 0.00000392. The van der Waals surface area contributed by atoms with Crippen LogP contribution in [0.3, 0.4) is 0 Å². The lowest BCUT2D eigenvalue weighted by molar-refractivity contribution is 0.155. The first kappa shape index (κ1) is 25.2. The largest absolute Gasteiger partial charge is 0.385 e. The van der Waals surface area contributed by atoms with Crippen molar-refractivity contribution in [1.29, 1.82) is 0 Å². The summed E-state index contributed by atoms with van der Waals surface area (Å²) < 4.78 is 5.14. The second-order valence-corrected chi connectivity index (χ2v) is 8.48. The van der Waals surface area contributed by atoms with E-state index in [1.165, 1.54) is 11.1 Å². The number of rotatable bonds is 7. The number of guanidine groups is 1. The molecule has 0 unspecified atom stereocenters. The quantitative estimate of drug-likeness (QED) is 0.258. The lowest BCUT2D eigenvalue weighted by atomic mass is 9.87. The van der Waals surface area contributed by atoms with Crippen LogP contribution < -0.4 is 10.6 Å². The summed E-state index contributed by atoms with van der Waals surface area (Å²) in [6.07, 6.45) is 3.44. The molecule has 2 N–H and O–H groups in total. The molecule has 1 fully saturated rings. The molecule has 6 heteroatoms. The molecule has 0 saturated carbocycles. The van der Waals surface area contributed by atoms with Crippen LogP contribution in [-0.2, 0) is 16.7 Å². The number of nitrogens with zero attached hydrogens (tertiary/aromatic N) is 2. The molecule has 5 nitrogen and oxygen atoms in total. The molecule has 1 aliphatic rings. The summed E-state index contributed by atoms with van der Waals surface area (Å²) in [5, 5.41) is 7.04. The molecular weight excluding hydrogens is 463 g/mol. The molecule has 0 amide bonds. The number of halogens is 1. The lowest BCUT2D eigenvalue weighted by Crippen LogP contribution is -2.48. The van der Waals surface area contributed by atoms with E-state index >= 15 is 0 Å². The Hall–Kier alpha value is -0.860. The molecule has 1 saturated heterocycles. The van der Waals surface area contributed by atoms with Gasteiger partial charge in [0.05, 0.1) is 0 Å². The van der Waals surface area contributed by atoms with Gasteiger partial charge in [-0.1, -0.05) is 45.0 Å². The average Bonchev–Trinajstić information content (AvgIpc) is 2.66. The topological polar surface area (TPSA) is 48.9 Å². The van der Waals surface area contributed by atoms with Crippen LogP contribution in [0.15, 0.2) is 29.3 Å². The van der Waals surface area contributed by atoms with Crippen molar-refractivity contribution in [3.05, 3.63) is 35.4 Å². The summed E-state index contributed by atoms with van der Waals surface area (Å²) in [5.41, 5.74) is 2.84. The highest BCUT2D eigenvalue weighted by Crippen LogP contribution is 2.22. The van der Waals surface area contributed by atoms with Crippen LogP contribution >= 0.6 is 24.0 Å². The van der Waals surface area contributed by atoms with E-state index in [0.29, 0.717) is 6.04 Å². The monoisotopic (exact) mass is 502 g/mol. The SMILES string of the molecule is CN=C(NCc1ccc(C(C)(C)C)cc1)NC1CCN(CCCOC)CC1.I. The minimum Gasteiger partial charge on any atom is -0.385 e. The van der Waals surface area contributed by atoms with Gasteiger partial charge in [-0.3, -0.25) is 4.99 Å². The summed E-state index contributed by atoms with van der Waals surface area (Å²) in [5.74, 6) is 0.896. The third-order valence-corrected chi connectivity index (χ3v) is 5.25. The zero-order chi connectivity index (χ0) is 19.7. The first-order chi connectivity index (χ1) is 12.9. The summed E-state index contributed by atoms with van der Waals surface area (Å²) in [6, 6.07) is 9.37. The standard InChI is InChI=1S/C22H38N4O.HI/c1-22(2,3)19-9-7-18(8-10-19)17-24-21(23-4)25-20-11-14-26(15-12-20)13-6-16-27-5;/h7-10,20H,6,11-17H2,1-5H3,(H2,23,24,25);1H. The normalized spacial score (nSPS) is 16.5. The van der Waals surface area contributed by atoms with Gasteiger partial charge in [-0.15, -0.1) is 24.0 Å². The summed E-state index contributed by atoms with van der Waals surface area (Å²) >= 11 is 0. The Morgan fingerprint density at radius 2 is 1.82 bits per heavy atom. The zero-order valence-corrected chi connectivity index (χ0v) is 20.6. The van der Waals surface area contributed by atoms with E-state index in [-0.39, 0.29) is 29.4 Å². The van der Waals surface area contributed by atoms with Crippen molar-refractivity contribution < 1.29 is 4.74 Å². The van der Waals surface area contributed by atoms with Gasteiger partial charge in [0.25, 0.3) is 0 Å². The first-order valence-electron chi connectivity index (χ1n) is 10.2. The summed E-state index contributed by atoms with van der Waals surface area (Å²) in [7, 11) is 3.62. The minimum atomic E-state index is 0. The maximum atomic E-state index is 5.14. The number of ether oxygens (including phenoxy) is 1. The highest BCUT2D eigenvalue weighted by molar-refractivity contribution is 14.0. The van der Waals surface area contributed by atoms with Crippen molar-refractivity contribution in [3.63, 3.8) is 0 Å². The highest BCUT2D eigenvalue weighted by atomic mass is 127. The van der Waals surface area contributed by atoms with Gasteiger partial charge in [0.1, 0.15) is 0 Å². The van der Waals surface area contributed by atoms with Crippen molar-refractivity contribution in [2.24, 2.45) is 4.99 Å². The predicted octanol–water partition coefficient (Wildman–Crippen LogP) is 3.77. The van der Waals surface area contributed by atoms with E-state index in [9.17, 15) is 0 Å². The van der Waals surface area contributed by atoms with Crippen LogP contribution in [0.1, 0.15) is 51.2 Å². The Labute approximate surface area is 188 Å². The Kier molecular flexibility index (Phi) is 11.4. The van der Waals surface area contributed by atoms with Crippen molar-refractivity contribution in [3.8, 4) is 0 Å². The maximum Gasteiger partial charge on any atom is 0.191 e. The van der Waals surface area contributed by atoms with Crippen LogP contribution in [0, 0.1) is 0 Å². The van der Waals surface area contributed by atoms with Gasteiger partial charge in [-0.25, -0.2) is 0 Å². The molecule has 1 heterocycles. The van der Waals surface area contributed by atoms with Crippen LogP contribution in [0.4, 0.5) is 0 Å². The number of aliphatic imine (C=N–C) groups is 1. The molecule has 1 aromatic carbocycles. The molecule has 1 aliphatic heterocycles. The molecule has 2 rings (SSSR count). The molecule has 1 aromatic rings. The third kappa shape index (κ3) is 8.66. The fraction of sp³-hybridized carbons (Fsp3) is 0.682. The van der Waals surface area contributed by atoms with Crippen molar-refractivity contribution in [2.45, 2.75) is 58.0 Å². The second-order valence-electron chi connectivity index (χ2n) is 8.48. The minimum absolute atomic E-state index is 0. The number of hydrogen-bond donors (Lipinski definition) is 2. The van der Waals surface area contributed by atoms with Gasteiger partial charge in [0.15, 0.2) is 5.96 Å². The summed E-state index contributed by atoms with van der Waals surface area (Å²) in [4.78, 5) is 6.93. The summed E-state index contributed by atoms with van der Waals surface area (Å²) in [6.45, 7) is 11.8. The maximum absolute atomic E-state index is 5.14. The number of hydrogen-bond acceptors (Lipinski definition) is 3. The van der Waals surface area contributed by atoms with E-state index in [0.717, 1.165) is 58.0 Å².